The summed E-state index contributed by atoms with van der Waals surface area (Å²) >= 11 is 5.93. The molecule has 4 heteroatoms. The first kappa shape index (κ1) is 14.6. The quantitative estimate of drug-likeness (QED) is 0.847. The molecule has 1 heterocycles. The topological polar surface area (TPSA) is 21.7 Å². The van der Waals surface area contributed by atoms with Crippen LogP contribution in [0.3, 0.4) is 0 Å². The molecule has 1 saturated heterocycles. The average molecular weight is 284 g/mol. The molecule has 1 aromatic carbocycles. The lowest BCUT2D eigenvalue weighted by atomic mass is 10.2. The number of morpholine rings is 1. The first-order valence-corrected chi connectivity index (χ1v) is 7.19. The van der Waals surface area contributed by atoms with E-state index in [1.54, 1.807) is 0 Å². The Morgan fingerprint density at radius 2 is 2.00 bits per heavy atom. The van der Waals surface area contributed by atoms with E-state index in [4.69, 9.17) is 21.1 Å². The molecule has 0 aliphatic carbocycles. The van der Waals surface area contributed by atoms with E-state index in [2.05, 4.69) is 18.7 Å². The molecule has 1 aliphatic rings. The summed E-state index contributed by atoms with van der Waals surface area (Å²) in [6.45, 7) is 9.84. The van der Waals surface area contributed by atoms with E-state index in [1.807, 2.05) is 25.1 Å². The molecular formula is C15H22ClNO2. The van der Waals surface area contributed by atoms with Crippen LogP contribution >= 0.6 is 11.6 Å². The van der Waals surface area contributed by atoms with Crippen LogP contribution in [0.5, 0.6) is 5.75 Å². The van der Waals surface area contributed by atoms with E-state index in [-0.39, 0.29) is 0 Å². The van der Waals surface area contributed by atoms with Crippen molar-refractivity contribution in [1.29, 1.82) is 0 Å². The van der Waals surface area contributed by atoms with Gasteiger partial charge >= 0.3 is 0 Å². The minimum absolute atomic E-state index is 0.306. The summed E-state index contributed by atoms with van der Waals surface area (Å²) < 4.78 is 11.5. The zero-order chi connectivity index (χ0) is 13.8. The van der Waals surface area contributed by atoms with Crippen molar-refractivity contribution in [2.24, 2.45) is 0 Å². The van der Waals surface area contributed by atoms with Crippen LogP contribution in [0.4, 0.5) is 0 Å². The van der Waals surface area contributed by atoms with Gasteiger partial charge in [0.1, 0.15) is 12.4 Å². The van der Waals surface area contributed by atoms with Crippen molar-refractivity contribution >= 4 is 11.6 Å². The molecule has 0 bridgehead atoms. The third kappa shape index (κ3) is 4.37. The number of hydrogen-bond donors (Lipinski definition) is 0. The zero-order valence-electron chi connectivity index (χ0n) is 11.9. The Hall–Kier alpha value is -0.770. The standard InChI is InChI=1S/C15H22ClNO2/c1-11-8-14(16)4-5-15(11)18-7-6-17-9-12(2)19-13(3)10-17/h4-5,8,12-13H,6-7,9-10H2,1-3H3/t12-,13+. The molecule has 19 heavy (non-hydrogen) atoms. The highest BCUT2D eigenvalue weighted by atomic mass is 35.5. The van der Waals surface area contributed by atoms with Crippen LogP contribution in [-0.4, -0.2) is 43.3 Å². The number of benzene rings is 1. The minimum atomic E-state index is 0.306. The number of hydrogen-bond acceptors (Lipinski definition) is 3. The normalized spacial score (nSPS) is 24.4. The van der Waals surface area contributed by atoms with E-state index in [0.29, 0.717) is 18.8 Å². The number of nitrogens with zero attached hydrogens (tertiary/aromatic N) is 1. The number of rotatable bonds is 4. The summed E-state index contributed by atoms with van der Waals surface area (Å²) in [4.78, 5) is 2.39. The van der Waals surface area contributed by atoms with E-state index < -0.39 is 0 Å². The van der Waals surface area contributed by atoms with Crippen molar-refractivity contribution in [1.82, 2.24) is 4.90 Å². The second-order valence-electron chi connectivity index (χ2n) is 5.28. The first-order chi connectivity index (χ1) is 9.04. The van der Waals surface area contributed by atoms with Crippen LogP contribution in [0.2, 0.25) is 5.02 Å². The molecular weight excluding hydrogens is 262 g/mol. The molecule has 0 spiro atoms. The molecule has 1 fully saturated rings. The summed E-state index contributed by atoms with van der Waals surface area (Å²) in [5.74, 6) is 0.916. The molecule has 106 valence electrons. The molecule has 0 amide bonds. The van der Waals surface area contributed by atoms with Gasteiger partial charge in [0.15, 0.2) is 0 Å². The second-order valence-corrected chi connectivity index (χ2v) is 5.71. The van der Waals surface area contributed by atoms with Crippen molar-refractivity contribution in [3.63, 3.8) is 0 Å². The number of aryl methyl sites for hydroxylation is 1. The fourth-order valence-corrected chi connectivity index (χ4v) is 2.75. The van der Waals surface area contributed by atoms with Crippen molar-refractivity contribution in [2.75, 3.05) is 26.2 Å². The van der Waals surface area contributed by atoms with Gasteiger partial charge in [0.2, 0.25) is 0 Å². The van der Waals surface area contributed by atoms with E-state index in [0.717, 1.165) is 36.0 Å². The molecule has 3 nitrogen and oxygen atoms in total. The molecule has 1 aliphatic heterocycles. The summed E-state index contributed by atoms with van der Waals surface area (Å²) in [5, 5.41) is 0.751. The Labute approximate surface area is 120 Å². The summed E-state index contributed by atoms with van der Waals surface area (Å²) in [6.07, 6.45) is 0.613. The fourth-order valence-electron chi connectivity index (χ4n) is 2.53. The summed E-state index contributed by atoms with van der Waals surface area (Å²) in [5.41, 5.74) is 1.08. The first-order valence-electron chi connectivity index (χ1n) is 6.81. The Balaban J connectivity index is 1.80. The van der Waals surface area contributed by atoms with Gasteiger partial charge in [0.05, 0.1) is 12.2 Å². The Kier molecular flexibility index (Phi) is 5.08. The Morgan fingerprint density at radius 1 is 1.32 bits per heavy atom. The molecule has 2 rings (SSSR count). The molecule has 0 radical (unpaired) electrons. The van der Waals surface area contributed by atoms with E-state index in [1.165, 1.54) is 0 Å². The zero-order valence-corrected chi connectivity index (χ0v) is 12.6. The van der Waals surface area contributed by atoms with Crippen LogP contribution in [0.15, 0.2) is 18.2 Å². The van der Waals surface area contributed by atoms with Crippen LogP contribution in [0.25, 0.3) is 0 Å². The van der Waals surface area contributed by atoms with Gasteiger partial charge in [-0.3, -0.25) is 4.90 Å². The highest BCUT2D eigenvalue weighted by Gasteiger charge is 2.21. The smallest absolute Gasteiger partial charge is 0.122 e. The maximum atomic E-state index is 5.93. The lowest BCUT2D eigenvalue weighted by Gasteiger charge is -2.35. The van der Waals surface area contributed by atoms with Crippen molar-refractivity contribution in [2.45, 2.75) is 33.0 Å². The minimum Gasteiger partial charge on any atom is -0.492 e. The number of halogens is 1. The Bertz CT molecular complexity index is 415. The van der Waals surface area contributed by atoms with Gasteiger partial charge in [-0.25, -0.2) is 0 Å². The van der Waals surface area contributed by atoms with Gasteiger partial charge in [0, 0.05) is 24.7 Å². The number of ether oxygens (including phenoxy) is 2. The van der Waals surface area contributed by atoms with Crippen LogP contribution in [-0.2, 0) is 4.74 Å². The van der Waals surface area contributed by atoms with Gasteiger partial charge < -0.3 is 9.47 Å². The van der Waals surface area contributed by atoms with Crippen molar-refractivity contribution < 1.29 is 9.47 Å². The largest absolute Gasteiger partial charge is 0.492 e. The lowest BCUT2D eigenvalue weighted by molar-refractivity contribution is -0.0699. The Morgan fingerprint density at radius 3 is 2.63 bits per heavy atom. The van der Waals surface area contributed by atoms with Gasteiger partial charge in [-0.05, 0) is 44.5 Å². The SMILES string of the molecule is Cc1cc(Cl)ccc1OCCN1C[C@@H](C)O[C@@H](C)C1. The van der Waals surface area contributed by atoms with Gasteiger partial charge in [-0.1, -0.05) is 11.6 Å². The maximum absolute atomic E-state index is 5.93. The third-order valence-corrected chi connectivity index (χ3v) is 3.53. The molecule has 0 N–H and O–H groups in total. The maximum Gasteiger partial charge on any atom is 0.122 e. The van der Waals surface area contributed by atoms with Gasteiger partial charge in [-0.2, -0.15) is 0 Å². The molecule has 0 saturated carbocycles. The molecule has 0 unspecified atom stereocenters. The predicted molar refractivity (Wildman–Crippen MR) is 78.1 cm³/mol. The highest BCUT2D eigenvalue weighted by molar-refractivity contribution is 6.30. The second kappa shape index (κ2) is 6.60. The van der Waals surface area contributed by atoms with Crippen molar-refractivity contribution in [3.8, 4) is 5.75 Å². The molecule has 0 aromatic heterocycles. The highest BCUT2D eigenvalue weighted by Crippen LogP contribution is 2.21. The van der Waals surface area contributed by atoms with Crippen LogP contribution in [0.1, 0.15) is 19.4 Å². The molecule has 1 aromatic rings. The van der Waals surface area contributed by atoms with Gasteiger partial charge in [-0.15, -0.1) is 0 Å². The predicted octanol–water partition coefficient (Wildman–Crippen LogP) is 3.14. The van der Waals surface area contributed by atoms with Crippen LogP contribution < -0.4 is 4.74 Å². The summed E-state index contributed by atoms with van der Waals surface area (Å²) in [6, 6.07) is 5.72. The van der Waals surface area contributed by atoms with Crippen molar-refractivity contribution in [3.05, 3.63) is 28.8 Å². The fraction of sp³-hybridized carbons (Fsp3) is 0.600. The van der Waals surface area contributed by atoms with E-state index >= 15 is 0 Å². The van der Waals surface area contributed by atoms with Gasteiger partial charge in [0.25, 0.3) is 0 Å². The third-order valence-electron chi connectivity index (χ3n) is 3.30. The lowest BCUT2D eigenvalue weighted by Crippen LogP contribution is -2.46. The average Bonchev–Trinajstić information content (AvgIpc) is 2.30. The monoisotopic (exact) mass is 283 g/mol. The van der Waals surface area contributed by atoms with Crippen LogP contribution in [0, 0.1) is 6.92 Å². The molecule has 2 atom stereocenters. The summed E-state index contributed by atoms with van der Waals surface area (Å²) in [7, 11) is 0. The van der Waals surface area contributed by atoms with E-state index in [9.17, 15) is 0 Å².